The van der Waals surface area contributed by atoms with Crippen molar-refractivity contribution in [3.63, 3.8) is 0 Å². The van der Waals surface area contributed by atoms with Gasteiger partial charge in [0.25, 0.3) is 0 Å². The third kappa shape index (κ3) is 1.90. The van der Waals surface area contributed by atoms with Gasteiger partial charge in [-0.3, -0.25) is 4.79 Å². The maximum Gasteiger partial charge on any atom is 0.309 e. The molecule has 3 heteroatoms. The summed E-state index contributed by atoms with van der Waals surface area (Å²) in [7, 11) is 0. The monoisotopic (exact) mass is 234 g/mol. The fraction of sp³-hybridized carbons (Fsp3) is 0.500. The molecule has 17 heavy (non-hydrogen) atoms. The lowest BCUT2D eigenvalue weighted by Crippen LogP contribution is -2.33. The molecule has 0 bridgehead atoms. The minimum atomic E-state index is -0.839. The third-order valence-electron chi connectivity index (χ3n) is 3.88. The molecule has 1 atom stereocenters. The molecule has 1 aliphatic rings. The van der Waals surface area contributed by atoms with Gasteiger partial charge < -0.3 is 10.2 Å². The van der Waals surface area contributed by atoms with E-state index >= 15 is 0 Å². The predicted molar refractivity (Wildman–Crippen MR) is 65.2 cm³/mol. The molecule has 1 aliphatic carbocycles. The highest BCUT2D eigenvalue weighted by molar-refractivity contribution is 5.75. The lowest BCUT2D eigenvalue weighted by Gasteiger charge is -2.35. The van der Waals surface area contributed by atoms with Gasteiger partial charge in [-0.1, -0.05) is 12.1 Å². The first-order valence-electron chi connectivity index (χ1n) is 5.98. The number of carbonyl (C=O) groups is 1. The van der Waals surface area contributed by atoms with E-state index in [4.69, 9.17) is 0 Å². The average molecular weight is 234 g/mol. The second-order valence-corrected chi connectivity index (χ2v) is 5.32. The van der Waals surface area contributed by atoms with Crippen LogP contribution in [-0.2, 0) is 11.2 Å². The van der Waals surface area contributed by atoms with Crippen LogP contribution in [-0.4, -0.2) is 16.2 Å². The van der Waals surface area contributed by atoms with Gasteiger partial charge in [0.15, 0.2) is 0 Å². The Balaban J connectivity index is 2.51. The van der Waals surface area contributed by atoms with E-state index in [1.54, 1.807) is 19.9 Å². The number of carboxylic acids is 1. The van der Waals surface area contributed by atoms with Crippen molar-refractivity contribution in [3.05, 3.63) is 29.3 Å². The molecule has 1 unspecified atom stereocenters. The number of rotatable bonds is 2. The Hall–Kier alpha value is -1.51. The average Bonchev–Trinajstić information content (AvgIpc) is 2.28. The highest BCUT2D eigenvalue weighted by atomic mass is 16.4. The lowest BCUT2D eigenvalue weighted by atomic mass is 9.68. The SMILES string of the molecule is CC(C)(C(=O)O)C1CCCc2cccc(O)c21. The summed E-state index contributed by atoms with van der Waals surface area (Å²) in [6.07, 6.45) is 2.73. The predicted octanol–water partition coefficient (Wildman–Crippen LogP) is 2.92. The molecule has 2 N–H and O–H groups in total. The van der Waals surface area contributed by atoms with Crippen LogP contribution in [0.1, 0.15) is 43.7 Å². The number of aryl methyl sites for hydroxylation is 1. The summed E-state index contributed by atoms with van der Waals surface area (Å²) >= 11 is 0. The number of hydrogen-bond acceptors (Lipinski definition) is 2. The number of fused-ring (bicyclic) bond motifs is 1. The topological polar surface area (TPSA) is 57.5 Å². The smallest absolute Gasteiger partial charge is 0.309 e. The number of benzene rings is 1. The second kappa shape index (κ2) is 4.06. The van der Waals surface area contributed by atoms with Crippen molar-refractivity contribution in [2.24, 2.45) is 5.41 Å². The third-order valence-corrected chi connectivity index (χ3v) is 3.88. The van der Waals surface area contributed by atoms with Crippen molar-refractivity contribution >= 4 is 5.97 Å². The fourth-order valence-corrected chi connectivity index (χ4v) is 2.73. The Morgan fingerprint density at radius 2 is 2.12 bits per heavy atom. The fourth-order valence-electron chi connectivity index (χ4n) is 2.73. The molecular formula is C14H18O3. The van der Waals surface area contributed by atoms with Crippen LogP contribution in [0.25, 0.3) is 0 Å². The summed E-state index contributed by atoms with van der Waals surface area (Å²) < 4.78 is 0. The van der Waals surface area contributed by atoms with Crippen molar-refractivity contribution in [3.8, 4) is 5.75 Å². The summed E-state index contributed by atoms with van der Waals surface area (Å²) in [5.41, 5.74) is 1.09. The molecule has 3 nitrogen and oxygen atoms in total. The van der Waals surface area contributed by atoms with Crippen molar-refractivity contribution in [1.82, 2.24) is 0 Å². The molecule has 0 spiro atoms. The van der Waals surface area contributed by atoms with Crippen molar-refractivity contribution in [2.45, 2.75) is 39.0 Å². The van der Waals surface area contributed by atoms with Crippen LogP contribution >= 0.6 is 0 Å². The van der Waals surface area contributed by atoms with Crippen LogP contribution in [0.5, 0.6) is 5.75 Å². The lowest BCUT2D eigenvalue weighted by molar-refractivity contribution is -0.148. The number of phenolic OH excluding ortho intramolecular Hbond substituents is 1. The molecule has 0 amide bonds. The molecule has 0 aromatic heterocycles. The minimum absolute atomic E-state index is 0.107. The van der Waals surface area contributed by atoms with Crippen LogP contribution in [0.15, 0.2) is 18.2 Å². The maximum absolute atomic E-state index is 11.4. The molecule has 0 saturated carbocycles. The van der Waals surface area contributed by atoms with Gasteiger partial charge >= 0.3 is 5.97 Å². The zero-order valence-electron chi connectivity index (χ0n) is 10.2. The summed E-state index contributed by atoms with van der Waals surface area (Å²) in [5.74, 6) is -0.676. The molecule has 2 rings (SSSR count). The van der Waals surface area contributed by atoms with Crippen molar-refractivity contribution < 1.29 is 15.0 Å². The Kier molecular flexibility index (Phi) is 2.86. The van der Waals surface area contributed by atoms with E-state index < -0.39 is 11.4 Å². The Morgan fingerprint density at radius 1 is 1.41 bits per heavy atom. The van der Waals surface area contributed by atoms with Crippen LogP contribution in [0.3, 0.4) is 0 Å². The van der Waals surface area contributed by atoms with Crippen molar-refractivity contribution in [1.29, 1.82) is 0 Å². The first-order valence-corrected chi connectivity index (χ1v) is 5.98. The van der Waals surface area contributed by atoms with E-state index in [1.807, 2.05) is 12.1 Å². The molecule has 0 saturated heterocycles. The molecule has 0 aliphatic heterocycles. The van der Waals surface area contributed by atoms with Gasteiger partial charge in [-0.2, -0.15) is 0 Å². The van der Waals surface area contributed by atoms with Gasteiger partial charge in [0, 0.05) is 11.5 Å². The Labute approximate surface area is 101 Å². The molecule has 1 aromatic carbocycles. The Morgan fingerprint density at radius 3 is 2.76 bits per heavy atom. The molecular weight excluding hydrogens is 216 g/mol. The van der Waals surface area contributed by atoms with E-state index in [-0.39, 0.29) is 11.7 Å². The van der Waals surface area contributed by atoms with E-state index in [9.17, 15) is 15.0 Å². The Bertz CT molecular complexity index is 449. The first-order chi connectivity index (χ1) is 7.94. The molecule has 1 aromatic rings. The quantitative estimate of drug-likeness (QED) is 0.827. The van der Waals surface area contributed by atoms with E-state index in [0.29, 0.717) is 0 Å². The summed E-state index contributed by atoms with van der Waals surface area (Å²) in [4.78, 5) is 11.4. The number of carboxylic acid groups (broad SMARTS) is 1. The van der Waals surface area contributed by atoms with Gasteiger partial charge in [0.05, 0.1) is 5.41 Å². The van der Waals surface area contributed by atoms with E-state index in [0.717, 1.165) is 30.4 Å². The van der Waals surface area contributed by atoms with Crippen LogP contribution in [0.2, 0.25) is 0 Å². The normalized spacial score (nSPS) is 19.8. The maximum atomic E-state index is 11.4. The van der Waals surface area contributed by atoms with Gasteiger partial charge in [-0.25, -0.2) is 0 Å². The first kappa shape index (κ1) is 12.0. The molecule has 0 radical (unpaired) electrons. The van der Waals surface area contributed by atoms with E-state index in [2.05, 4.69) is 0 Å². The van der Waals surface area contributed by atoms with Crippen LogP contribution in [0.4, 0.5) is 0 Å². The highest BCUT2D eigenvalue weighted by Crippen LogP contribution is 2.47. The van der Waals surface area contributed by atoms with Crippen LogP contribution < -0.4 is 0 Å². The highest BCUT2D eigenvalue weighted by Gasteiger charge is 2.41. The summed E-state index contributed by atoms with van der Waals surface area (Å²) in [6, 6.07) is 5.46. The largest absolute Gasteiger partial charge is 0.508 e. The van der Waals surface area contributed by atoms with Crippen LogP contribution in [0, 0.1) is 5.41 Å². The number of phenols is 1. The van der Waals surface area contributed by atoms with Gasteiger partial charge in [-0.15, -0.1) is 0 Å². The van der Waals surface area contributed by atoms with Gasteiger partial charge in [0.2, 0.25) is 0 Å². The summed E-state index contributed by atoms with van der Waals surface area (Å²) in [6.45, 7) is 3.48. The number of aromatic hydroxyl groups is 1. The molecule has 0 heterocycles. The van der Waals surface area contributed by atoms with Gasteiger partial charge in [0.1, 0.15) is 5.75 Å². The van der Waals surface area contributed by atoms with Gasteiger partial charge in [-0.05, 0) is 44.7 Å². The molecule has 92 valence electrons. The minimum Gasteiger partial charge on any atom is -0.508 e. The molecule has 0 fully saturated rings. The number of aliphatic carboxylic acids is 1. The zero-order chi connectivity index (χ0) is 12.6. The van der Waals surface area contributed by atoms with E-state index in [1.165, 1.54) is 0 Å². The summed E-state index contributed by atoms with van der Waals surface area (Å²) in [5, 5.41) is 19.3. The standard InChI is InChI=1S/C14H18O3/c1-14(2,13(16)17)10-7-3-5-9-6-4-8-11(15)12(9)10/h4,6,8,10,15H,3,5,7H2,1-2H3,(H,16,17). The number of hydrogen-bond donors (Lipinski definition) is 2. The zero-order valence-corrected chi connectivity index (χ0v) is 10.2. The second-order valence-electron chi connectivity index (χ2n) is 5.32. The van der Waals surface area contributed by atoms with Crippen molar-refractivity contribution in [2.75, 3.05) is 0 Å².